The Balaban J connectivity index is 1.57. The van der Waals surface area contributed by atoms with E-state index in [-0.39, 0.29) is 29.9 Å². The Kier molecular flexibility index (Phi) is 8.17. The van der Waals surface area contributed by atoms with Gasteiger partial charge in [-0.2, -0.15) is 0 Å². The maximum atomic E-state index is 13.1. The molecule has 0 bridgehead atoms. The number of hydrogen-bond donors (Lipinski definition) is 0. The van der Waals surface area contributed by atoms with Crippen LogP contribution in [0.2, 0.25) is 0 Å². The van der Waals surface area contributed by atoms with E-state index in [2.05, 4.69) is 0 Å². The van der Waals surface area contributed by atoms with Crippen molar-refractivity contribution in [2.24, 2.45) is 0 Å². The van der Waals surface area contributed by atoms with Gasteiger partial charge in [0.25, 0.3) is 0 Å². The van der Waals surface area contributed by atoms with Crippen LogP contribution >= 0.6 is 0 Å². The number of benzene rings is 2. The highest BCUT2D eigenvalue weighted by molar-refractivity contribution is 7.89. The zero-order chi connectivity index (χ0) is 22.3. The van der Waals surface area contributed by atoms with Gasteiger partial charge in [0.2, 0.25) is 15.9 Å². The second-order valence-electron chi connectivity index (χ2n) is 7.78. The summed E-state index contributed by atoms with van der Waals surface area (Å²) in [5.74, 6) is -0.510. The molecule has 0 radical (unpaired) electrons. The van der Waals surface area contributed by atoms with Crippen LogP contribution in [0.5, 0.6) is 0 Å². The molecule has 31 heavy (non-hydrogen) atoms. The van der Waals surface area contributed by atoms with E-state index < -0.39 is 15.8 Å². The minimum Gasteiger partial charge on any atom is -0.376 e. The van der Waals surface area contributed by atoms with Crippen molar-refractivity contribution in [1.29, 1.82) is 0 Å². The highest BCUT2D eigenvalue weighted by Crippen LogP contribution is 2.18. The summed E-state index contributed by atoms with van der Waals surface area (Å²) in [6.07, 6.45) is 2.63. The van der Waals surface area contributed by atoms with Crippen molar-refractivity contribution in [3.8, 4) is 0 Å². The van der Waals surface area contributed by atoms with E-state index in [1.165, 1.54) is 23.5 Å². The summed E-state index contributed by atoms with van der Waals surface area (Å²) < 4.78 is 45.2. The van der Waals surface area contributed by atoms with Gasteiger partial charge in [-0.05, 0) is 49.1 Å². The Labute approximate surface area is 183 Å². The third kappa shape index (κ3) is 6.59. The number of sulfonamides is 1. The molecule has 0 saturated carbocycles. The Morgan fingerprint density at radius 2 is 1.84 bits per heavy atom. The van der Waals surface area contributed by atoms with Gasteiger partial charge < -0.3 is 9.64 Å². The van der Waals surface area contributed by atoms with Crippen molar-refractivity contribution < 1.29 is 22.3 Å². The van der Waals surface area contributed by atoms with Gasteiger partial charge >= 0.3 is 0 Å². The third-order valence-corrected chi connectivity index (χ3v) is 7.27. The number of halogens is 1. The molecule has 0 aromatic heterocycles. The molecule has 2 aromatic carbocycles. The molecular formula is C23H29FN2O4S. The van der Waals surface area contributed by atoms with Crippen LogP contribution in [0.3, 0.4) is 0 Å². The molecule has 8 heteroatoms. The number of ether oxygens (including phenoxy) is 1. The number of amides is 1. The maximum absolute atomic E-state index is 13.1. The van der Waals surface area contributed by atoms with Gasteiger partial charge in [0.15, 0.2) is 0 Å². The molecule has 2 aromatic rings. The van der Waals surface area contributed by atoms with E-state index in [0.717, 1.165) is 37.1 Å². The lowest BCUT2D eigenvalue weighted by molar-refractivity contribution is -0.133. The van der Waals surface area contributed by atoms with E-state index in [0.29, 0.717) is 19.5 Å². The maximum Gasteiger partial charge on any atom is 0.242 e. The summed E-state index contributed by atoms with van der Waals surface area (Å²) in [5, 5.41) is 0. The van der Waals surface area contributed by atoms with Gasteiger partial charge in [0.1, 0.15) is 5.82 Å². The first-order valence-corrected chi connectivity index (χ1v) is 12.0. The molecule has 0 aliphatic carbocycles. The molecule has 1 aliphatic heterocycles. The Bertz CT molecular complexity index is 945. The molecule has 1 atom stereocenters. The number of carbonyl (C=O) groups is 1. The predicted molar refractivity (Wildman–Crippen MR) is 116 cm³/mol. The van der Waals surface area contributed by atoms with Crippen LogP contribution < -0.4 is 0 Å². The quantitative estimate of drug-likeness (QED) is 0.559. The van der Waals surface area contributed by atoms with Crippen molar-refractivity contribution in [2.45, 2.75) is 43.2 Å². The smallest absolute Gasteiger partial charge is 0.242 e. The van der Waals surface area contributed by atoms with Crippen molar-refractivity contribution in [3.63, 3.8) is 0 Å². The van der Waals surface area contributed by atoms with Gasteiger partial charge in [0, 0.05) is 39.7 Å². The molecule has 6 nitrogen and oxygen atoms in total. The summed E-state index contributed by atoms with van der Waals surface area (Å²) in [4.78, 5) is 14.8. The summed E-state index contributed by atoms with van der Waals surface area (Å²) in [5.41, 5.74) is 1.05. The highest BCUT2D eigenvalue weighted by Gasteiger charge is 2.24. The van der Waals surface area contributed by atoms with E-state index in [4.69, 9.17) is 4.74 Å². The summed E-state index contributed by atoms with van der Waals surface area (Å²) in [7, 11) is -2.25. The van der Waals surface area contributed by atoms with Crippen LogP contribution in [-0.4, -0.2) is 56.4 Å². The fourth-order valence-electron chi connectivity index (χ4n) is 3.61. The number of nitrogens with zero attached hydrogens (tertiary/aromatic N) is 2. The van der Waals surface area contributed by atoms with Crippen LogP contribution in [0, 0.1) is 5.82 Å². The first-order valence-electron chi connectivity index (χ1n) is 10.5. The minimum absolute atomic E-state index is 0.0214. The van der Waals surface area contributed by atoms with Gasteiger partial charge in [0.05, 0.1) is 11.0 Å². The zero-order valence-electron chi connectivity index (χ0n) is 17.7. The van der Waals surface area contributed by atoms with E-state index >= 15 is 0 Å². The van der Waals surface area contributed by atoms with E-state index in [1.54, 1.807) is 4.90 Å². The van der Waals surface area contributed by atoms with Gasteiger partial charge in [-0.3, -0.25) is 4.79 Å². The Morgan fingerprint density at radius 3 is 2.48 bits per heavy atom. The lowest BCUT2D eigenvalue weighted by Crippen LogP contribution is -2.37. The van der Waals surface area contributed by atoms with Gasteiger partial charge in [-0.25, -0.2) is 17.1 Å². The van der Waals surface area contributed by atoms with Crippen LogP contribution in [0.1, 0.15) is 31.2 Å². The first-order chi connectivity index (χ1) is 14.9. The minimum atomic E-state index is -3.72. The fraction of sp³-hybridized carbons (Fsp3) is 0.435. The summed E-state index contributed by atoms with van der Waals surface area (Å²) >= 11 is 0. The van der Waals surface area contributed by atoms with E-state index in [9.17, 15) is 17.6 Å². The molecule has 1 saturated heterocycles. The molecule has 1 amide bonds. The standard InChI is InChI=1S/C23H29FN2O4S/c1-25(31(28,29)22-13-11-20(24)12-14-22)15-5-10-23(27)26(18-21-9-6-16-30-21)17-19-7-3-2-4-8-19/h2-4,7-8,11-14,21H,5-6,9-10,15-18H2,1H3. The largest absolute Gasteiger partial charge is 0.376 e. The first kappa shape index (κ1) is 23.4. The molecule has 1 fully saturated rings. The predicted octanol–water partition coefficient (Wildman–Crippen LogP) is 3.43. The molecule has 1 aliphatic rings. The Hall–Kier alpha value is -2.29. The highest BCUT2D eigenvalue weighted by atomic mass is 32.2. The second kappa shape index (κ2) is 10.8. The number of carbonyl (C=O) groups excluding carboxylic acids is 1. The molecule has 0 spiro atoms. The average Bonchev–Trinajstić information content (AvgIpc) is 3.27. The topological polar surface area (TPSA) is 66.9 Å². The lowest BCUT2D eigenvalue weighted by atomic mass is 10.1. The van der Waals surface area contributed by atoms with Crippen LogP contribution in [0.4, 0.5) is 4.39 Å². The normalized spacial score (nSPS) is 16.5. The second-order valence-corrected chi connectivity index (χ2v) is 9.82. The lowest BCUT2D eigenvalue weighted by Gasteiger charge is -2.26. The molecular weight excluding hydrogens is 419 g/mol. The van der Waals surface area contributed by atoms with E-state index in [1.807, 2.05) is 30.3 Å². The van der Waals surface area contributed by atoms with Crippen molar-refractivity contribution in [1.82, 2.24) is 9.21 Å². The summed E-state index contributed by atoms with van der Waals surface area (Å²) in [6, 6.07) is 14.5. The van der Waals surface area contributed by atoms with Gasteiger partial charge in [-0.15, -0.1) is 0 Å². The summed E-state index contributed by atoms with van der Waals surface area (Å²) in [6.45, 7) is 1.97. The molecule has 1 heterocycles. The van der Waals surface area contributed by atoms with Crippen molar-refractivity contribution >= 4 is 15.9 Å². The molecule has 168 valence electrons. The number of hydrogen-bond acceptors (Lipinski definition) is 4. The molecule has 1 unspecified atom stereocenters. The van der Waals surface area contributed by atoms with Crippen LogP contribution in [0.15, 0.2) is 59.5 Å². The van der Waals surface area contributed by atoms with Crippen LogP contribution in [-0.2, 0) is 26.1 Å². The monoisotopic (exact) mass is 448 g/mol. The molecule has 3 rings (SSSR count). The van der Waals surface area contributed by atoms with Crippen molar-refractivity contribution in [2.75, 3.05) is 26.7 Å². The third-order valence-electron chi connectivity index (χ3n) is 5.40. The van der Waals surface area contributed by atoms with Crippen molar-refractivity contribution in [3.05, 3.63) is 66.0 Å². The molecule has 0 N–H and O–H groups in total. The van der Waals surface area contributed by atoms with Crippen LogP contribution in [0.25, 0.3) is 0 Å². The Morgan fingerprint density at radius 1 is 1.13 bits per heavy atom. The average molecular weight is 449 g/mol. The zero-order valence-corrected chi connectivity index (χ0v) is 18.6. The number of rotatable bonds is 10. The van der Waals surface area contributed by atoms with Gasteiger partial charge in [-0.1, -0.05) is 30.3 Å². The fourth-order valence-corrected chi connectivity index (χ4v) is 4.82. The SMILES string of the molecule is CN(CCCC(=O)N(Cc1ccccc1)CC1CCCO1)S(=O)(=O)c1ccc(F)cc1.